The molecule has 1 aliphatic heterocycles. The van der Waals surface area contributed by atoms with Crippen molar-refractivity contribution in [3.63, 3.8) is 0 Å². The van der Waals surface area contributed by atoms with Gasteiger partial charge in [-0.2, -0.15) is 4.31 Å². The molecule has 0 bridgehead atoms. The molecule has 7 heteroatoms. The number of nitrogens with zero attached hydrogens (tertiary/aromatic N) is 1. The summed E-state index contributed by atoms with van der Waals surface area (Å²) in [5.74, 6) is 1.34. The van der Waals surface area contributed by atoms with Crippen molar-refractivity contribution in [2.24, 2.45) is 0 Å². The number of rotatable bonds is 5. The molecule has 0 saturated carbocycles. The van der Waals surface area contributed by atoms with E-state index in [1.165, 1.54) is 4.31 Å². The van der Waals surface area contributed by atoms with Crippen LogP contribution >= 0.6 is 15.9 Å². The molecule has 122 valence electrons. The van der Waals surface area contributed by atoms with Crippen LogP contribution in [0, 0.1) is 0 Å². The molecule has 0 unspecified atom stereocenters. The van der Waals surface area contributed by atoms with Crippen LogP contribution in [-0.2, 0) is 16.6 Å². The van der Waals surface area contributed by atoms with E-state index in [0.29, 0.717) is 22.5 Å². The number of fused-ring (bicyclic) bond motifs is 1. The highest BCUT2D eigenvalue weighted by Crippen LogP contribution is 2.33. The van der Waals surface area contributed by atoms with E-state index in [9.17, 15) is 8.42 Å². The van der Waals surface area contributed by atoms with Gasteiger partial charge in [-0.05, 0) is 45.8 Å². The smallest absolute Gasteiger partial charge is 0.244 e. The Morgan fingerprint density at radius 3 is 2.61 bits per heavy atom. The van der Waals surface area contributed by atoms with Crippen molar-refractivity contribution in [1.82, 2.24) is 4.31 Å². The third-order valence-corrected chi connectivity index (χ3v) is 6.54. The lowest BCUT2D eigenvalue weighted by atomic mass is 10.2. The molecule has 0 saturated heterocycles. The Morgan fingerprint density at radius 1 is 1.13 bits per heavy atom. The predicted octanol–water partition coefficient (Wildman–Crippen LogP) is 3.39. The Hall–Kier alpha value is -1.57. The zero-order valence-electron chi connectivity index (χ0n) is 12.5. The highest BCUT2D eigenvalue weighted by molar-refractivity contribution is 9.10. The van der Waals surface area contributed by atoms with Crippen molar-refractivity contribution in [3.8, 4) is 11.5 Å². The number of hydrogen-bond acceptors (Lipinski definition) is 4. The largest absolute Gasteiger partial charge is 0.454 e. The van der Waals surface area contributed by atoms with E-state index in [-0.39, 0.29) is 18.2 Å². The first-order valence-electron chi connectivity index (χ1n) is 7.15. The van der Waals surface area contributed by atoms with Gasteiger partial charge in [-0.15, -0.1) is 0 Å². The van der Waals surface area contributed by atoms with Gasteiger partial charge in [0.2, 0.25) is 16.8 Å². The van der Waals surface area contributed by atoms with Crippen molar-refractivity contribution >= 4 is 26.0 Å². The minimum absolute atomic E-state index is 0.200. The fourth-order valence-electron chi connectivity index (χ4n) is 2.40. The lowest BCUT2D eigenvalue weighted by Crippen LogP contribution is -2.30. The summed E-state index contributed by atoms with van der Waals surface area (Å²) in [5.41, 5.74) is 0.853. The van der Waals surface area contributed by atoms with Gasteiger partial charge in [0.25, 0.3) is 0 Å². The first kappa shape index (κ1) is 16.3. The molecule has 5 nitrogen and oxygen atoms in total. The van der Waals surface area contributed by atoms with E-state index < -0.39 is 10.0 Å². The molecule has 0 amide bonds. The van der Waals surface area contributed by atoms with E-state index in [4.69, 9.17) is 9.47 Å². The standard InChI is InChI=1S/C16H16BrNO4S/c1-2-18(23(19,20)16-6-4-3-5-13(16)17)10-12-7-8-14-15(9-12)22-11-21-14/h3-9H,2,10-11H2,1H3. The third kappa shape index (κ3) is 3.22. The first-order valence-corrected chi connectivity index (χ1v) is 9.39. The Bertz CT molecular complexity index is 823. The number of ether oxygens (including phenoxy) is 2. The molecule has 2 aromatic rings. The van der Waals surface area contributed by atoms with E-state index >= 15 is 0 Å². The SMILES string of the molecule is CCN(Cc1ccc2c(c1)OCO2)S(=O)(=O)c1ccccc1Br. The van der Waals surface area contributed by atoms with Crippen LogP contribution in [0.15, 0.2) is 51.8 Å². The predicted molar refractivity (Wildman–Crippen MR) is 90.0 cm³/mol. The van der Waals surface area contributed by atoms with Gasteiger partial charge in [-0.1, -0.05) is 25.1 Å². The summed E-state index contributed by atoms with van der Waals surface area (Å²) >= 11 is 3.31. The maximum absolute atomic E-state index is 12.9. The van der Waals surface area contributed by atoms with Gasteiger partial charge in [-0.25, -0.2) is 8.42 Å². The van der Waals surface area contributed by atoms with Crippen LogP contribution in [0.2, 0.25) is 0 Å². The zero-order valence-corrected chi connectivity index (χ0v) is 14.9. The van der Waals surface area contributed by atoms with Gasteiger partial charge in [0.1, 0.15) is 0 Å². The second-order valence-electron chi connectivity index (χ2n) is 5.05. The normalized spacial score (nSPS) is 13.5. The van der Waals surface area contributed by atoms with Gasteiger partial charge >= 0.3 is 0 Å². The molecule has 0 spiro atoms. The monoisotopic (exact) mass is 397 g/mol. The maximum atomic E-state index is 12.9. The second kappa shape index (κ2) is 6.51. The summed E-state index contributed by atoms with van der Waals surface area (Å²) in [5, 5.41) is 0. The molecule has 1 heterocycles. The Morgan fingerprint density at radius 2 is 1.87 bits per heavy atom. The van der Waals surface area contributed by atoms with Crippen LogP contribution in [0.1, 0.15) is 12.5 Å². The van der Waals surface area contributed by atoms with Crippen LogP contribution in [-0.4, -0.2) is 26.1 Å². The fourth-order valence-corrected chi connectivity index (χ4v) is 4.80. The van der Waals surface area contributed by atoms with Crippen molar-refractivity contribution in [2.45, 2.75) is 18.4 Å². The van der Waals surface area contributed by atoms with Gasteiger partial charge < -0.3 is 9.47 Å². The van der Waals surface area contributed by atoms with Crippen LogP contribution in [0.25, 0.3) is 0 Å². The topological polar surface area (TPSA) is 55.8 Å². The molecule has 2 aromatic carbocycles. The van der Waals surface area contributed by atoms with Crippen molar-refractivity contribution < 1.29 is 17.9 Å². The number of hydrogen-bond donors (Lipinski definition) is 0. The lowest BCUT2D eigenvalue weighted by Gasteiger charge is -2.21. The highest BCUT2D eigenvalue weighted by Gasteiger charge is 2.26. The maximum Gasteiger partial charge on any atom is 0.244 e. The Kier molecular flexibility index (Phi) is 4.61. The van der Waals surface area contributed by atoms with Gasteiger partial charge in [-0.3, -0.25) is 0 Å². The third-order valence-electron chi connectivity index (χ3n) is 3.60. The summed E-state index contributed by atoms with van der Waals surface area (Å²) in [6.07, 6.45) is 0. The average Bonchev–Trinajstić information content (AvgIpc) is 3.00. The number of halogens is 1. The van der Waals surface area contributed by atoms with E-state index in [1.54, 1.807) is 30.3 Å². The molecule has 0 aliphatic carbocycles. The van der Waals surface area contributed by atoms with E-state index in [1.807, 2.05) is 19.1 Å². The Balaban J connectivity index is 1.89. The quantitative estimate of drug-likeness (QED) is 0.775. The summed E-state index contributed by atoms with van der Waals surface area (Å²) in [6.45, 7) is 2.67. The minimum atomic E-state index is -3.58. The highest BCUT2D eigenvalue weighted by atomic mass is 79.9. The van der Waals surface area contributed by atoms with Crippen molar-refractivity contribution in [3.05, 3.63) is 52.5 Å². The summed E-state index contributed by atoms with van der Waals surface area (Å²) in [4.78, 5) is 0.266. The summed E-state index contributed by atoms with van der Waals surface area (Å²) in [6, 6.07) is 12.3. The second-order valence-corrected chi connectivity index (χ2v) is 7.81. The van der Waals surface area contributed by atoms with Crippen LogP contribution in [0.3, 0.4) is 0 Å². The molecule has 1 aliphatic rings. The van der Waals surface area contributed by atoms with E-state index in [2.05, 4.69) is 15.9 Å². The van der Waals surface area contributed by atoms with Crippen LogP contribution in [0.5, 0.6) is 11.5 Å². The molecule has 23 heavy (non-hydrogen) atoms. The fraction of sp³-hybridized carbons (Fsp3) is 0.250. The van der Waals surface area contributed by atoms with Gasteiger partial charge in [0.15, 0.2) is 11.5 Å². The van der Waals surface area contributed by atoms with Crippen LogP contribution in [0.4, 0.5) is 0 Å². The molecule has 0 aromatic heterocycles. The summed E-state index contributed by atoms with van der Waals surface area (Å²) < 4.78 is 38.3. The molecule has 3 rings (SSSR count). The van der Waals surface area contributed by atoms with Crippen molar-refractivity contribution in [2.75, 3.05) is 13.3 Å². The minimum Gasteiger partial charge on any atom is -0.454 e. The number of sulfonamides is 1. The van der Waals surface area contributed by atoms with E-state index in [0.717, 1.165) is 5.56 Å². The average molecular weight is 398 g/mol. The molecule has 0 fully saturated rings. The van der Waals surface area contributed by atoms with Gasteiger partial charge in [0.05, 0.1) is 4.90 Å². The Labute approximate surface area is 144 Å². The zero-order chi connectivity index (χ0) is 16.4. The molecule has 0 N–H and O–H groups in total. The number of benzene rings is 2. The first-order chi connectivity index (χ1) is 11.0. The molecular weight excluding hydrogens is 382 g/mol. The summed E-state index contributed by atoms with van der Waals surface area (Å²) in [7, 11) is -3.58. The van der Waals surface area contributed by atoms with Crippen molar-refractivity contribution in [1.29, 1.82) is 0 Å². The molecule has 0 atom stereocenters. The lowest BCUT2D eigenvalue weighted by molar-refractivity contribution is 0.174. The van der Waals surface area contributed by atoms with Gasteiger partial charge in [0, 0.05) is 17.6 Å². The molecular formula is C16H16BrNO4S. The van der Waals surface area contributed by atoms with Crippen LogP contribution < -0.4 is 9.47 Å². The molecule has 0 radical (unpaired) electrons.